The Labute approximate surface area is 183 Å². The molecule has 0 fully saturated rings. The molecule has 7 nitrogen and oxygen atoms in total. The molecule has 0 bridgehead atoms. The van der Waals surface area contributed by atoms with Crippen molar-refractivity contribution in [2.45, 2.75) is 60.3 Å². The van der Waals surface area contributed by atoms with Gasteiger partial charge in [-0.05, 0) is 49.3 Å². The van der Waals surface area contributed by atoms with Crippen molar-refractivity contribution in [3.05, 3.63) is 51.8 Å². The summed E-state index contributed by atoms with van der Waals surface area (Å²) in [5.74, 6) is -1.18. The summed E-state index contributed by atoms with van der Waals surface area (Å²) >= 11 is 0. The third-order valence-corrected chi connectivity index (χ3v) is 5.09. The van der Waals surface area contributed by atoms with E-state index in [0.717, 1.165) is 16.8 Å². The number of para-hydroxylation sites is 1. The molecule has 2 N–H and O–H groups in total. The van der Waals surface area contributed by atoms with Crippen LogP contribution in [0.25, 0.3) is 0 Å². The second-order valence-electron chi connectivity index (χ2n) is 8.09. The standard InChI is InChI=1S/C24H32N2O5/c1-8-30-23(28)20-15(6)21(25-16(20)7)24(29)31-12-19(27)26-22-17(13(2)3)10-9-11-18(22)14(4)5/h9-11,13-14,25H,8,12H2,1-7H3,(H,26,27). The van der Waals surface area contributed by atoms with Gasteiger partial charge in [0, 0.05) is 11.4 Å². The number of hydrogen-bond acceptors (Lipinski definition) is 5. The SMILES string of the molecule is CCOC(=O)c1c(C)[nH]c(C(=O)OCC(=O)Nc2c(C(C)C)cccc2C(C)C)c1C. The topological polar surface area (TPSA) is 97.5 Å². The van der Waals surface area contributed by atoms with Crippen LogP contribution in [0.2, 0.25) is 0 Å². The molecule has 2 aromatic rings. The lowest BCUT2D eigenvalue weighted by Gasteiger charge is -2.20. The van der Waals surface area contributed by atoms with E-state index in [1.54, 1.807) is 20.8 Å². The largest absolute Gasteiger partial charge is 0.462 e. The highest BCUT2D eigenvalue weighted by atomic mass is 16.5. The number of aromatic nitrogens is 1. The van der Waals surface area contributed by atoms with E-state index in [1.807, 2.05) is 18.2 Å². The van der Waals surface area contributed by atoms with E-state index >= 15 is 0 Å². The van der Waals surface area contributed by atoms with Gasteiger partial charge >= 0.3 is 11.9 Å². The number of aryl methyl sites for hydroxylation is 1. The summed E-state index contributed by atoms with van der Waals surface area (Å²) in [7, 11) is 0. The Hall–Kier alpha value is -3.09. The molecule has 0 aliphatic rings. The lowest BCUT2D eigenvalue weighted by atomic mass is 9.92. The monoisotopic (exact) mass is 428 g/mol. The predicted octanol–water partition coefficient (Wildman–Crippen LogP) is 4.85. The van der Waals surface area contributed by atoms with Gasteiger partial charge in [-0.15, -0.1) is 0 Å². The number of anilines is 1. The third-order valence-electron chi connectivity index (χ3n) is 5.09. The molecule has 0 radical (unpaired) electrons. The Morgan fingerprint density at radius 3 is 2.06 bits per heavy atom. The van der Waals surface area contributed by atoms with Gasteiger partial charge < -0.3 is 19.8 Å². The number of benzene rings is 1. The second kappa shape index (κ2) is 10.3. The molecular formula is C24H32N2O5. The zero-order valence-electron chi connectivity index (χ0n) is 19.3. The van der Waals surface area contributed by atoms with E-state index in [2.05, 4.69) is 38.0 Å². The lowest BCUT2D eigenvalue weighted by molar-refractivity contribution is -0.119. The first-order chi connectivity index (χ1) is 14.6. The minimum atomic E-state index is -0.701. The van der Waals surface area contributed by atoms with Crippen molar-refractivity contribution in [1.82, 2.24) is 4.98 Å². The third kappa shape index (κ3) is 5.54. The van der Waals surface area contributed by atoms with Gasteiger partial charge in [0.1, 0.15) is 5.69 Å². The average Bonchev–Trinajstić information content (AvgIpc) is 3.00. The van der Waals surface area contributed by atoms with Crippen molar-refractivity contribution in [2.75, 3.05) is 18.5 Å². The van der Waals surface area contributed by atoms with Gasteiger partial charge in [-0.25, -0.2) is 9.59 Å². The van der Waals surface area contributed by atoms with Crippen molar-refractivity contribution in [2.24, 2.45) is 0 Å². The first-order valence-electron chi connectivity index (χ1n) is 10.5. The van der Waals surface area contributed by atoms with Crippen molar-refractivity contribution in [1.29, 1.82) is 0 Å². The Balaban J connectivity index is 2.14. The van der Waals surface area contributed by atoms with E-state index in [1.165, 1.54) is 0 Å². The van der Waals surface area contributed by atoms with E-state index in [4.69, 9.17) is 9.47 Å². The molecule has 0 saturated carbocycles. The molecule has 1 aromatic heterocycles. The van der Waals surface area contributed by atoms with Crippen molar-refractivity contribution in [3.63, 3.8) is 0 Å². The molecule has 2 rings (SSSR count). The van der Waals surface area contributed by atoms with Crippen LogP contribution < -0.4 is 5.32 Å². The first kappa shape index (κ1) is 24.2. The Kier molecular flexibility index (Phi) is 8.02. The molecule has 0 atom stereocenters. The molecule has 0 aliphatic carbocycles. The maximum atomic E-state index is 12.6. The normalized spacial score (nSPS) is 11.0. The number of ether oxygens (including phenoxy) is 2. The van der Waals surface area contributed by atoms with Gasteiger partial charge in [-0.1, -0.05) is 45.9 Å². The van der Waals surface area contributed by atoms with E-state index in [0.29, 0.717) is 16.8 Å². The number of carbonyl (C=O) groups is 3. The van der Waals surface area contributed by atoms with Crippen LogP contribution >= 0.6 is 0 Å². The zero-order valence-corrected chi connectivity index (χ0v) is 19.3. The van der Waals surface area contributed by atoms with Crippen LogP contribution in [-0.2, 0) is 14.3 Å². The molecule has 7 heteroatoms. The fourth-order valence-electron chi connectivity index (χ4n) is 3.54. The summed E-state index contributed by atoms with van der Waals surface area (Å²) in [6.07, 6.45) is 0. The molecule has 0 spiro atoms. The summed E-state index contributed by atoms with van der Waals surface area (Å²) in [5, 5.41) is 2.91. The van der Waals surface area contributed by atoms with Crippen LogP contribution in [-0.4, -0.2) is 36.0 Å². The summed E-state index contributed by atoms with van der Waals surface area (Å²) in [6, 6.07) is 5.96. The van der Waals surface area contributed by atoms with Crippen molar-refractivity contribution < 1.29 is 23.9 Å². The van der Waals surface area contributed by atoms with E-state index in [-0.39, 0.29) is 24.1 Å². The molecule has 1 aromatic carbocycles. The lowest BCUT2D eigenvalue weighted by Crippen LogP contribution is -2.23. The van der Waals surface area contributed by atoms with Gasteiger partial charge in [0.15, 0.2) is 6.61 Å². The number of carbonyl (C=O) groups excluding carboxylic acids is 3. The highest BCUT2D eigenvalue weighted by molar-refractivity contribution is 6.00. The number of nitrogens with one attached hydrogen (secondary N) is 2. The number of esters is 2. The summed E-state index contributed by atoms with van der Waals surface area (Å²) < 4.78 is 10.3. The minimum Gasteiger partial charge on any atom is -0.462 e. The molecule has 1 heterocycles. The Bertz CT molecular complexity index is 946. The van der Waals surface area contributed by atoms with Crippen LogP contribution in [0.1, 0.15) is 89.7 Å². The van der Waals surface area contributed by atoms with Crippen LogP contribution in [0, 0.1) is 13.8 Å². The molecule has 0 aliphatic heterocycles. The fourth-order valence-corrected chi connectivity index (χ4v) is 3.54. The molecule has 0 saturated heterocycles. The van der Waals surface area contributed by atoms with Gasteiger partial charge in [0.2, 0.25) is 0 Å². The second-order valence-corrected chi connectivity index (χ2v) is 8.09. The Morgan fingerprint density at radius 2 is 1.55 bits per heavy atom. The van der Waals surface area contributed by atoms with Crippen molar-refractivity contribution in [3.8, 4) is 0 Å². The van der Waals surface area contributed by atoms with Crippen LogP contribution in [0.3, 0.4) is 0 Å². The number of hydrogen-bond donors (Lipinski definition) is 2. The first-order valence-corrected chi connectivity index (χ1v) is 10.5. The Morgan fingerprint density at radius 1 is 0.968 bits per heavy atom. The molecule has 0 unspecified atom stereocenters. The highest BCUT2D eigenvalue weighted by Crippen LogP contribution is 2.32. The van der Waals surface area contributed by atoms with Gasteiger partial charge in [0.25, 0.3) is 5.91 Å². The quantitative estimate of drug-likeness (QED) is 0.586. The smallest absolute Gasteiger partial charge is 0.355 e. The van der Waals surface area contributed by atoms with Crippen molar-refractivity contribution >= 4 is 23.5 Å². The minimum absolute atomic E-state index is 0.138. The molecule has 1 amide bonds. The number of H-pyrrole nitrogens is 1. The van der Waals surface area contributed by atoms with Gasteiger partial charge in [0.05, 0.1) is 12.2 Å². The van der Waals surface area contributed by atoms with E-state index in [9.17, 15) is 14.4 Å². The molecule has 31 heavy (non-hydrogen) atoms. The fraction of sp³-hybridized carbons (Fsp3) is 0.458. The molecular weight excluding hydrogens is 396 g/mol. The zero-order chi connectivity index (χ0) is 23.3. The average molecular weight is 429 g/mol. The van der Waals surface area contributed by atoms with Crippen LogP contribution in [0.5, 0.6) is 0 Å². The molecule has 168 valence electrons. The summed E-state index contributed by atoms with van der Waals surface area (Å²) in [4.78, 5) is 40.1. The summed E-state index contributed by atoms with van der Waals surface area (Å²) in [5.41, 5.74) is 4.23. The number of rotatable bonds is 8. The van der Waals surface area contributed by atoms with E-state index < -0.39 is 24.5 Å². The van der Waals surface area contributed by atoms with Gasteiger partial charge in [-0.3, -0.25) is 4.79 Å². The number of amides is 1. The van der Waals surface area contributed by atoms with Crippen LogP contribution in [0.4, 0.5) is 5.69 Å². The highest BCUT2D eigenvalue weighted by Gasteiger charge is 2.24. The maximum absolute atomic E-state index is 12.6. The van der Waals surface area contributed by atoms with Crippen LogP contribution in [0.15, 0.2) is 18.2 Å². The predicted molar refractivity (Wildman–Crippen MR) is 120 cm³/mol. The number of aromatic amines is 1. The summed E-state index contributed by atoms with van der Waals surface area (Å²) in [6.45, 7) is 13.1. The maximum Gasteiger partial charge on any atom is 0.355 e. The van der Waals surface area contributed by atoms with Gasteiger partial charge in [-0.2, -0.15) is 0 Å².